The molecule has 2 aromatic rings. The first-order valence-electron chi connectivity index (χ1n) is 9.67. The molecule has 1 aliphatic rings. The Morgan fingerprint density at radius 1 is 0.812 bits per heavy atom. The molecule has 1 aliphatic heterocycles. The van der Waals surface area contributed by atoms with Gasteiger partial charge in [0.1, 0.15) is 0 Å². The number of hydrogen-bond donors (Lipinski definition) is 0. The van der Waals surface area contributed by atoms with Crippen LogP contribution in [0, 0.1) is 0 Å². The second-order valence-electron chi connectivity index (χ2n) is 6.92. The fourth-order valence-corrected chi connectivity index (χ4v) is 3.72. The molecule has 32 heavy (non-hydrogen) atoms. The molecule has 0 amide bonds. The molecule has 0 aliphatic carbocycles. The SMILES string of the molecule is COC(=O)C1=CN(C(C(=O)OC)c2ccccc2)C=C(C(=O)OC)C1c1ccc(Cl)cc1. The molecule has 1 unspecified atom stereocenters. The van der Waals surface area contributed by atoms with Crippen LogP contribution < -0.4 is 0 Å². The van der Waals surface area contributed by atoms with Gasteiger partial charge in [0.05, 0.1) is 38.4 Å². The second-order valence-corrected chi connectivity index (χ2v) is 7.36. The first kappa shape index (κ1) is 23.1. The first-order valence-corrected chi connectivity index (χ1v) is 10.0. The highest BCUT2D eigenvalue weighted by molar-refractivity contribution is 6.30. The minimum absolute atomic E-state index is 0.155. The number of esters is 3. The standard InChI is InChI=1S/C24H22ClNO6/c1-30-22(27)18-13-26(21(24(29)32-3)16-7-5-4-6-8-16)14-19(23(28)31-2)20(18)15-9-11-17(25)12-10-15/h4-14,20-21H,1-3H3. The van der Waals surface area contributed by atoms with Crippen LogP contribution in [-0.4, -0.2) is 44.1 Å². The van der Waals surface area contributed by atoms with E-state index in [1.54, 1.807) is 48.5 Å². The van der Waals surface area contributed by atoms with E-state index in [0.29, 0.717) is 16.1 Å². The molecule has 0 radical (unpaired) electrons. The summed E-state index contributed by atoms with van der Waals surface area (Å²) < 4.78 is 15.0. The molecule has 0 bridgehead atoms. The summed E-state index contributed by atoms with van der Waals surface area (Å²) in [7, 11) is 3.77. The molecule has 2 aromatic carbocycles. The van der Waals surface area contributed by atoms with Crippen molar-refractivity contribution in [1.82, 2.24) is 4.90 Å². The summed E-state index contributed by atoms with van der Waals surface area (Å²) in [5, 5.41) is 0.508. The minimum atomic E-state index is -0.938. The van der Waals surface area contributed by atoms with Crippen molar-refractivity contribution in [3.05, 3.63) is 94.3 Å². The molecule has 0 saturated heterocycles. The van der Waals surface area contributed by atoms with E-state index >= 15 is 0 Å². The molecule has 3 rings (SSSR count). The lowest BCUT2D eigenvalue weighted by molar-refractivity contribution is -0.146. The fraction of sp³-hybridized carbons (Fsp3) is 0.208. The molecule has 166 valence electrons. The number of benzene rings is 2. The van der Waals surface area contributed by atoms with Crippen LogP contribution in [0.25, 0.3) is 0 Å². The maximum absolute atomic E-state index is 12.8. The third kappa shape index (κ3) is 4.68. The van der Waals surface area contributed by atoms with Crippen LogP contribution in [0.1, 0.15) is 23.1 Å². The van der Waals surface area contributed by atoms with E-state index in [4.69, 9.17) is 25.8 Å². The fourth-order valence-electron chi connectivity index (χ4n) is 3.59. The van der Waals surface area contributed by atoms with Gasteiger partial charge in [0.2, 0.25) is 0 Å². The molecule has 0 saturated carbocycles. The number of carbonyl (C=O) groups is 3. The predicted octanol–water partition coefficient (Wildman–Crippen LogP) is 3.77. The molecule has 0 spiro atoms. The molecular weight excluding hydrogens is 434 g/mol. The second kappa shape index (κ2) is 10.2. The average Bonchev–Trinajstić information content (AvgIpc) is 2.83. The quantitative estimate of drug-likeness (QED) is 0.484. The number of carbonyl (C=O) groups excluding carboxylic acids is 3. The van der Waals surface area contributed by atoms with Gasteiger partial charge in [0, 0.05) is 17.4 Å². The summed E-state index contributed by atoms with van der Waals surface area (Å²) in [5.41, 5.74) is 1.56. The first-order chi connectivity index (χ1) is 15.4. The van der Waals surface area contributed by atoms with E-state index in [1.165, 1.54) is 38.6 Å². The average molecular weight is 456 g/mol. The molecule has 1 heterocycles. The third-order valence-electron chi connectivity index (χ3n) is 5.08. The monoisotopic (exact) mass is 455 g/mol. The van der Waals surface area contributed by atoms with Crippen LogP contribution in [0.3, 0.4) is 0 Å². The summed E-state index contributed by atoms with van der Waals surface area (Å²) in [6, 6.07) is 14.7. The van der Waals surface area contributed by atoms with Crippen molar-refractivity contribution < 1.29 is 28.6 Å². The Morgan fingerprint density at radius 2 is 1.34 bits per heavy atom. The van der Waals surface area contributed by atoms with Gasteiger partial charge in [-0.15, -0.1) is 0 Å². The van der Waals surface area contributed by atoms with Crippen LogP contribution >= 0.6 is 11.6 Å². The lowest BCUT2D eigenvalue weighted by Gasteiger charge is -2.33. The zero-order valence-corrected chi connectivity index (χ0v) is 18.5. The van der Waals surface area contributed by atoms with Gasteiger partial charge in [0.15, 0.2) is 6.04 Å². The molecule has 7 nitrogen and oxygen atoms in total. The maximum atomic E-state index is 12.8. The normalized spacial score (nSPS) is 14.7. The summed E-state index contributed by atoms with van der Waals surface area (Å²) in [5.74, 6) is -2.65. The largest absolute Gasteiger partial charge is 0.467 e. The number of nitrogens with zero attached hydrogens (tertiary/aromatic N) is 1. The Hall–Kier alpha value is -3.58. The number of methoxy groups -OCH3 is 3. The van der Waals surface area contributed by atoms with Gasteiger partial charge in [-0.1, -0.05) is 54.1 Å². The van der Waals surface area contributed by atoms with Crippen molar-refractivity contribution in [2.75, 3.05) is 21.3 Å². The zero-order chi connectivity index (χ0) is 23.3. The molecule has 0 fully saturated rings. The molecule has 1 atom stereocenters. The minimum Gasteiger partial charge on any atom is -0.467 e. The van der Waals surface area contributed by atoms with Crippen LogP contribution in [0.5, 0.6) is 0 Å². The van der Waals surface area contributed by atoms with Crippen LogP contribution in [0.4, 0.5) is 0 Å². The Kier molecular flexibility index (Phi) is 7.33. The molecule has 0 N–H and O–H groups in total. The molecular formula is C24H22ClNO6. The molecule has 0 aromatic heterocycles. The number of ether oxygens (including phenoxy) is 3. The van der Waals surface area contributed by atoms with E-state index in [-0.39, 0.29) is 11.1 Å². The predicted molar refractivity (Wildman–Crippen MR) is 117 cm³/mol. The maximum Gasteiger partial charge on any atom is 0.336 e. The van der Waals surface area contributed by atoms with E-state index in [9.17, 15) is 14.4 Å². The summed E-state index contributed by atoms with van der Waals surface area (Å²) in [6.07, 6.45) is 2.98. The topological polar surface area (TPSA) is 82.1 Å². The number of hydrogen-bond acceptors (Lipinski definition) is 7. The van der Waals surface area contributed by atoms with Crippen LogP contribution in [0.2, 0.25) is 5.02 Å². The van der Waals surface area contributed by atoms with E-state index in [1.807, 2.05) is 6.07 Å². The summed E-state index contributed by atoms with van der Waals surface area (Å²) in [4.78, 5) is 39.7. The Morgan fingerprint density at radius 3 is 1.81 bits per heavy atom. The molecule has 8 heteroatoms. The highest BCUT2D eigenvalue weighted by Gasteiger charge is 2.38. The third-order valence-corrected chi connectivity index (χ3v) is 5.33. The Bertz CT molecular complexity index is 1030. The van der Waals surface area contributed by atoms with E-state index in [0.717, 1.165) is 0 Å². The van der Waals surface area contributed by atoms with Gasteiger partial charge in [-0.25, -0.2) is 14.4 Å². The Balaban J connectivity index is 2.21. The van der Waals surface area contributed by atoms with Crippen molar-refractivity contribution in [2.45, 2.75) is 12.0 Å². The van der Waals surface area contributed by atoms with Gasteiger partial charge >= 0.3 is 17.9 Å². The van der Waals surface area contributed by atoms with Crippen molar-refractivity contribution in [3.63, 3.8) is 0 Å². The van der Waals surface area contributed by atoms with Gasteiger partial charge < -0.3 is 19.1 Å². The van der Waals surface area contributed by atoms with Crippen molar-refractivity contribution in [2.24, 2.45) is 0 Å². The van der Waals surface area contributed by atoms with Gasteiger partial charge in [-0.05, 0) is 23.3 Å². The summed E-state index contributed by atoms with van der Waals surface area (Å²) in [6.45, 7) is 0. The van der Waals surface area contributed by atoms with Crippen molar-refractivity contribution >= 4 is 29.5 Å². The van der Waals surface area contributed by atoms with Crippen molar-refractivity contribution in [3.8, 4) is 0 Å². The van der Waals surface area contributed by atoms with Gasteiger partial charge in [-0.2, -0.15) is 0 Å². The van der Waals surface area contributed by atoms with Crippen molar-refractivity contribution in [1.29, 1.82) is 0 Å². The van der Waals surface area contributed by atoms with Gasteiger partial charge in [0.25, 0.3) is 0 Å². The summed E-state index contributed by atoms with van der Waals surface area (Å²) >= 11 is 6.01. The number of halogens is 1. The van der Waals surface area contributed by atoms with Crippen LogP contribution in [-0.2, 0) is 28.6 Å². The highest BCUT2D eigenvalue weighted by Crippen LogP contribution is 2.40. The van der Waals surface area contributed by atoms with Crippen LogP contribution in [0.15, 0.2) is 78.1 Å². The van der Waals surface area contributed by atoms with Gasteiger partial charge in [-0.3, -0.25) is 0 Å². The lowest BCUT2D eigenvalue weighted by Crippen LogP contribution is -2.34. The smallest absolute Gasteiger partial charge is 0.336 e. The number of rotatable bonds is 6. The van der Waals surface area contributed by atoms with E-state index < -0.39 is 29.9 Å². The Labute approximate surface area is 190 Å². The van der Waals surface area contributed by atoms with E-state index in [2.05, 4.69) is 0 Å². The highest BCUT2D eigenvalue weighted by atomic mass is 35.5. The zero-order valence-electron chi connectivity index (χ0n) is 17.8. The lowest BCUT2D eigenvalue weighted by atomic mass is 9.83.